The van der Waals surface area contributed by atoms with Crippen LogP contribution in [0.3, 0.4) is 0 Å². The Morgan fingerprint density at radius 3 is 2.96 bits per heavy atom. The van der Waals surface area contributed by atoms with Gasteiger partial charge in [-0.1, -0.05) is 13.3 Å². The standard InChI is InChI=1S/C18H22FN3O2/c1-2-3-11-24-18(23)22-10-4-5-16(22)17-20-12-15(21-17)13-6-8-14(19)9-7-13/h6-9,12,16H,2-5,10-11H2,1H3,(H,20,21). The molecular formula is C18H22FN3O2. The van der Waals surface area contributed by atoms with Crippen LogP contribution in [-0.4, -0.2) is 34.1 Å². The molecule has 0 saturated carbocycles. The molecule has 1 aromatic carbocycles. The van der Waals surface area contributed by atoms with Gasteiger partial charge in [0.05, 0.1) is 24.5 Å². The number of nitrogens with zero attached hydrogens (tertiary/aromatic N) is 2. The number of nitrogens with one attached hydrogen (secondary N) is 1. The second kappa shape index (κ2) is 7.47. The van der Waals surface area contributed by atoms with Crippen molar-refractivity contribution in [1.29, 1.82) is 0 Å². The van der Waals surface area contributed by atoms with Crippen molar-refractivity contribution in [2.24, 2.45) is 0 Å². The summed E-state index contributed by atoms with van der Waals surface area (Å²) in [6.07, 6.45) is 5.11. The van der Waals surface area contributed by atoms with Crippen LogP contribution >= 0.6 is 0 Å². The van der Waals surface area contributed by atoms with Gasteiger partial charge in [-0.2, -0.15) is 0 Å². The average molecular weight is 331 g/mol. The molecule has 1 unspecified atom stereocenters. The Labute approximate surface area is 140 Å². The first-order valence-electron chi connectivity index (χ1n) is 8.43. The molecule has 1 saturated heterocycles. The molecule has 1 aromatic heterocycles. The third-order valence-electron chi connectivity index (χ3n) is 4.28. The zero-order valence-electron chi connectivity index (χ0n) is 13.8. The van der Waals surface area contributed by atoms with Gasteiger partial charge in [0.15, 0.2) is 0 Å². The molecule has 24 heavy (non-hydrogen) atoms. The number of unbranched alkanes of at least 4 members (excludes halogenated alkanes) is 1. The predicted octanol–water partition coefficient (Wildman–Crippen LogP) is 4.29. The minimum Gasteiger partial charge on any atom is -0.449 e. The fourth-order valence-corrected chi connectivity index (χ4v) is 2.94. The number of likely N-dealkylation sites (tertiary alicyclic amines) is 1. The maximum absolute atomic E-state index is 13.0. The van der Waals surface area contributed by atoms with E-state index in [9.17, 15) is 9.18 Å². The summed E-state index contributed by atoms with van der Waals surface area (Å²) in [4.78, 5) is 21.7. The lowest BCUT2D eigenvalue weighted by atomic mass is 10.2. The number of ether oxygens (including phenoxy) is 1. The van der Waals surface area contributed by atoms with E-state index in [0.29, 0.717) is 13.2 Å². The smallest absolute Gasteiger partial charge is 0.410 e. The van der Waals surface area contributed by atoms with E-state index < -0.39 is 0 Å². The average Bonchev–Trinajstić information content (AvgIpc) is 3.24. The minimum atomic E-state index is -0.273. The zero-order chi connectivity index (χ0) is 16.9. The van der Waals surface area contributed by atoms with Crippen molar-refractivity contribution in [2.45, 2.75) is 38.6 Å². The van der Waals surface area contributed by atoms with Crippen molar-refractivity contribution in [1.82, 2.24) is 14.9 Å². The van der Waals surface area contributed by atoms with Crippen LogP contribution in [0.4, 0.5) is 9.18 Å². The summed E-state index contributed by atoms with van der Waals surface area (Å²) in [6, 6.07) is 6.16. The molecule has 2 heterocycles. The van der Waals surface area contributed by atoms with E-state index in [0.717, 1.165) is 42.8 Å². The molecule has 128 valence electrons. The molecule has 1 N–H and O–H groups in total. The molecule has 5 nitrogen and oxygen atoms in total. The number of carbonyl (C=O) groups is 1. The van der Waals surface area contributed by atoms with E-state index in [1.54, 1.807) is 23.2 Å². The molecule has 0 aliphatic carbocycles. The summed E-state index contributed by atoms with van der Waals surface area (Å²) >= 11 is 0. The zero-order valence-corrected chi connectivity index (χ0v) is 13.8. The van der Waals surface area contributed by atoms with Gasteiger partial charge in [-0.15, -0.1) is 0 Å². The van der Waals surface area contributed by atoms with Crippen LogP contribution < -0.4 is 0 Å². The second-order valence-corrected chi connectivity index (χ2v) is 6.01. The normalized spacial score (nSPS) is 17.2. The third kappa shape index (κ3) is 3.58. The van der Waals surface area contributed by atoms with Crippen LogP contribution in [0.5, 0.6) is 0 Å². The number of rotatable bonds is 5. The lowest BCUT2D eigenvalue weighted by molar-refractivity contribution is 0.0957. The molecule has 0 bridgehead atoms. The first-order valence-corrected chi connectivity index (χ1v) is 8.43. The number of hydrogen-bond acceptors (Lipinski definition) is 3. The number of aromatic amines is 1. The highest BCUT2D eigenvalue weighted by molar-refractivity contribution is 5.68. The first kappa shape index (κ1) is 16.5. The number of halogens is 1. The van der Waals surface area contributed by atoms with Gasteiger partial charge in [-0.25, -0.2) is 14.2 Å². The molecule has 1 amide bonds. The molecule has 1 atom stereocenters. The Kier molecular flexibility index (Phi) is 5.13. The van der Waals surface area contributed by atoms with Gasteiger partial charge in [-0.05, 0) is 49.1 Å². The van der Waals surface area contributed by atoms with Crippen molar-refractivity contribution in [3.05, 3.63) is 42.1 Å². The second-order valence-electron chi connectivity index (χ2n) is 6.01. The van der Waals surface area contributed by atoms with E-state index in [-0.39, 0.29) is 18.0 Å². The van der Waals surface area contributed by atoms with Gasteiger partial charge in [0, 0.05) is 6.54 Å². The van der Waals surface area contributed by atoms with E-state index in [4.69, 9.17) is 4.74 Å². The number of hydrogen-bond donors (Lipinski definition) is 1. The Balaban J connectivity index is 1.71. The topological polar surface area (TPSA) is 58.2 Å². The number of imidazole rings is 1. The maximum Gasteiger partial charge on any atom is 0.410 e. The van der Waals surface area contributed by atoms with Crippen molar-refractivity contribution in [3.8, 4) is 11.3 Å². The largest absolute Gasteiger partial charge is 0.449 e. The van der Waals surface area contributed by atoms with Crippen LogP contribution in [0, 0.1) is 5.82 Å². The fraction of sp³-hybridized carbons (Fsp3) is 0.444. The number of H-pyrrole nitrogens is 1. The molecular weight excluding hydrogens is 309 g/mol. The lowest BCUT2D eigenvalue weighted by Gasteiger charge is -2.22. The van der Waals surface area contributed by atoms with Gasteiger partial charge in [0.1, 0.15) is 11.6 Å². The van der Waals surface area contributed by atoms with E-state index in [1.807, 2.05) is 0 Å². The summed E-state index contributed by atoms with van der Waals surface area (Å²) in [5.41, 5.74) is 1.68. The molecule has 1 fully saturated rings. The summed E-state index contributed by atoms with van der Waals surface area (Å²) in [5.74, 6) is 0.481. The van der Waals surface area contributed by atoms with Gasteiger partial charge in [-0.3, -0.25) is 4.90 Å². The highest BCUT2D eigenvalue weighted by Gasteiger charge is 2.33. The Morgan fingerprint density at radius 2 is 2.21 bits per heavy atom. The predicted molar refractivity (Wildman–Crippen MR) is 88.9 cm³/mol. The Bertz CT molecular complexity index is 684. The molecule has 6 heteroatoms. The highest BCUT2D eigenvalue weighted by Crippen LogP contribution is 2.32. The molecule has 2 aromatic rings. The SMILES string of the molecule is CCCCOC(=O)N1CCCC1c1ncc(-c2ccc(F)cc2)[nH]1. The monoisotopic (exact) mass is 331 g/mol. The van der Waals surface area contributed by atoms with E-state index in [1.165, 1.54) is 12.1 Å². The van der Waals surface area contributed by atoms with E-state index in [2.05, 4.69) is 16.9 Å². The van der Waals surface area contributed by atoms with Gasteiger partial charge in [0.25, 0.3) is 0 Å². The molecule has 0 radical (unpaired) electrons. The Hall–Kier alpha value is -2.37. The van der Waals surface area contributed by atoms with Crippen LogP contribution in [0.2, 0.25) is 0 Å². The summed E-state index contributed by atoms with van der Waals surface area (Å²) in [6.45, 7) is 3.20. The van der Waals surface area contributed by atoms with Crippen molar-refractivity contribution >= 4 is 6.09 Å². The van der Waals surface area contributed by atoms with Crippen molar-refractivity contribution in [2.75, 3.05) is 13.2 Å². The van der Waals surface area contributed by atoms with Gasteiger partial charge < -0.3 is 9.72 Å². The van der Waals surface area contributed by atoms with Crippen LogP contribution in [0.1, 0.15) is 44.5 Å². The summed E-state index contributed by atoms with van der Waals surface area (Å²) < 4.78 is 18.4. The van der Waals surface area contributed by atoms with Crippen molar-refractivity contribution < 1.29 is 13.9 Å². The molecule has 1 aliphatic rings. The number of carbonyl (C=O) groups excluding carboxylic acids is 1. The minimum absolute atomic E-state index is 0.0895. The van der Waals surface area contributed by atoms with Crippen molar-refractivity contribution in [3.63, 3.8) is 0 Å². The summed E-state index contributed by atoms with van der Waals surface area (Å²) in [7, 11) is 0. The van der Waals surface area contributed by atoms with E-state index >= 15 is 0 Å². The van der Waals surface area contributed by atoms with Crippen LogP contribution in [-0.2, 0) is 4.74 Å². The number of benzene rings is 1. The third-order valence-corrected chi connectivity index (χ3v) is 4.28. The summed E-state index contributed by atoms with van der Waals surface area (Å²) in [5, 5.41) is 0. The Morgan fingerprint density at radius 1 is 1.42 bits per heavy atom. The van der Waals surface area contributed by atoms with Crippen LogP contribution in [0.15, 0.2) is 30.5 Å². The lowest BCUT2D eigenvalue weighted by Crippen LogP contribution is -2.31. The quantitative estimate of drug-likeness (QED) is 0.832. The first-order chi connectivity index (χ1) is 11.7. The number of aromatic nitrogens is 2. The highest BCUT2D eigenvalue weighted by atomic mass is 19.1. The molecule has 1 aliphatic heterocycles. The fourth-order valence-electron chi connectivity index (χ4n) is 2.94. The number of amides is 1. The van der Waals surface area contributed by atoms with Gasteiger partial charge >= 0.3 is 6.09 Å². The molecule has 0 spiro atoms. The molecule has 3 rings (SSSR count). The van der Waals surface area contributed by atoms with Crippen LogP contribution in [0.25, 0.3) is 11.3 Å². The maximum atomic E-state index is 13.0. The van der Waals surface area contributed by atoms with Gasteiger partial charge in [0.2, 0.25) is 0 Å².